The number of thiol groups is 1. The molecule has 5 heteroatoms. The number of carbonyl (C=O) groups excluding carboxylic acids is 1. The van der Waals surface area contributed by atoms with Gasteiger partial charge in [0.25, 0.3) is 5.91 Å². The maximum Gasteiger partial charge on any atom is 0.253 e. The maximum absolute atomic E-state index is 13.1. The van der Waals surface area contributed by atoms with E-state index in [0.29, 0.717) is 12.1 Å². The van der Waals surface area contributed by atoms with Crippen molar-refractivity contribution < 1.29 is 13.9 Å². The van der Waals surface area contributed by atoms with Gasteiger partial charge in [-0.15, -0.1) is 12.6 Å². The number of rotatable bonds is 3. The van der Waals surface area contributed by atoms with Gasteiger partial charge in [-0.2, -0.15) is 0 Å². The summed E-state index contributed by atoms with van der Waals surface area (Å²) in [5, 5.41) is 0. The molecule has 1 aromatic rings. The van der Waals surface area contributed by atoms with E-state index in [1.807, 2.05) is 0 Å². The molecule has 1 atom stereocenters. The summed E-state index contributed by atoms with van der Waals surface area (Å²) < 4.78 is 18.6. The van der Waals surface area contributed by atoms with E-state index in [-0.39, 0.29) is 16.9 Å². The van der Waals surface area contributed by atoms with Gasteiger partial charge in [-0.05, 0) is 31.0 Å². The highest BCUT2D eigenvalue weighted by Gasteiger charge is 2.21. The van der Waals surface area contributed by atoms with Gasteiger partial charge in [-0.25, -0.2) is 4.39 Å². The minimum atomic E-state index is -0.420. The van der Waals surface area contributed by atoms with Crippen LogP contribution in [-0.4, -0.2) is 37.1 Å². The van der Waals surface area contributed by atoms with Crippen molar-refractivity contribution >= 4 is 18.5 Å². The molecule has 0 radical (unpaired) electrons. The fourth-order valence-corrected chi connectivity index (χ4v) is 2.26. The van der Waals surface area contributed by atoms with E-state index in [1.54, 1.807) is 11.9 Å². The van der Waals surface area contributed by atoms with Crippen molar-refractivity contribution in [1.82, 2.24) is 4.90 Å². The standard InChI is InChI=1S/C13H16FNO2S/c1-15(8-10-3-2-6-17-10)13(16)9-4-5-11(14)12(18)7-9/h4-5,7,10,18H,2-3,6,8H2,1H3. The van der Waals surface area contributed by atoms with Crippen LogP contribution in [0.25, 0.3) is 0 Å². The summed E-state index contributed by atoms with van der Waals surface area (Å²) in [6.45, 7) is 1.34. The minimum Gasteiger partial charge on any atom is -0.376 e. The molecule has 1 aliphatic heterocycles. The molecular formula is C13H16FNO2S. The zero-order chi connectivity index (χ0) is 13.1. The summed E-state index contributed by atoms with van der Waals surface area (Å²) in [7, 11) is 1.73. The van der Waals surface area contributed by atoms with E-state index in [2.05, 4.69) is 12.6 Å². The largest absolute Gasteiger partial charge is 0.376 e. The second kappa shape index (κ2) is 5.71. The first-order chi connectivity index (χ1) is 8.58. The molecule has 1 amide bonds. The molecule has 0 saturated carbocycles. The predicted molar refractivity (Wildman–Crippen MR) is 69.6 cm³/mol. The van der Waals surface area contributed by atoms with Gasteiger partial charge < -0.3 is 9.64 Å². The van der Waals surface area contributed by atoms with Gasteiger partial charge >= 0.3 is 0 Å². The highest BCUT2D eigenvalue weighted by Crippen LogP contribution is 2.17. The topological polar surface area (TPSA) is 29.5 Å². The number of ether oxygens (including phenoxy) is 1. The molecular weight excluding hydrogens is 253 g/mol. The lowest BCUT2D eigenvalue weighted by atomic mass is 10.1. The minimum absolute atomic E-state index is 0.120. The highest BCUT2D eigenvalue weighted by molar-refractivity contribution is 7.80. The number of hydrogen-bond acceptors (Lipinski definition) is 3. The molecule has 3 nitrogen and oxygen atoms in total. The molecule has 0 spiro atoms. The molecule has 0 bridgehead atoms. The molecule has 1 aliphatic rings. The van der Waals surface area contributed by atoms with Crippen molar-refractivity contribution in [3.8, 4) is 0 Å². The number of carbonyl (C=O) groups is 1. The van der Waals surface area contributed by atoms with E-state index >= 15 is 0 Å². The zero-order valence-electron chi connectivity index (χ0n) is 10.2. The normalized spacial score (nSPS) is 18.9. The summed E-state index contributed by atoms with van der Waals surface area (Å²) in [5.41, 5.74) is 0.446. The van der Waals surface area contributed by atoms with Crippen molar-refractivity contribution in [2.24, 2.45) is 0 Å². The van der Waals surface area contributed by atoms with Gasteiger partial charge in [0, 0.05) is 30.7 Å². The summed E-state index contributed by atoms with van der Waals surface area (Å²) >= 11 is 3.98. The van der Waals surface area contributed by atoms with Gasteiger partial charge in [-0.1, -0.05) is 0 Å². The van der Waals surface area contributed by atoms with Crippen molar-refractivity contribution in [2.45, 2.75) is 23.8 Å². The fourth-order valence-electron chi connectivity index (χ4n) is 2.04. The Labute approximate surface area is 111 Å². The van der Waals surface area contributed by atoms with E-state index in [1.165, 1.54) is 18.2 Å². The van der Waals surface area contributed by atoms with Crippen LogP contribution in [0.15, 0.2) is 23.1 Å². The van der Waals surface area contributed by atoms with Crippen molar-refractivity contribution in [1.29, 1.82) is 0 Å². The molecule has 1 heterocycles. The third-order valence-electron chi connectivity index (χ3n) is 3.04. The Balaban J connectivity index is 2.02. The average Bonchev–Trinajstić information content (AvgIpc) is 2.84. The van der Waals surface area contributed by atoms with Crippen LogP contribution in [0, 0.1) is 5.82 Å². The fraction of sp³-hybridized carbons (Fsp3) is 0.462. The highest BCUT2D eigenvalue weighted by atomic mass is 32.1. The molecule has 2 rings (SSSR count). The van der Waals surface area contributed by atoms with Gasteiger partial charge in [-0.3, -0.25) is 4.79 Å². The lowest BCUT2D eigenvalue weighted by Crippen LogP contribution is -2.34. The van der Waals surface area contributed by atoms with E-state index in [9.17, 15) is 9.18 Å². The quantitative estimate of drug-likeness (QED) is 0.854. The van der Waals surface area contributed by atoms with Gasteiger partial charge in [0.05, 0.1) is 6.10 Å². The Morgan fingerprint density at radius 1 is 1.61 bits per heavy atom. The predicted octanol–water partition coefficient (Wildman–Crippen LogP) is 2.37. The lowest BCUT2D eigenvalue weighted by Gasteiger charge is -2.21. The van der Waals surface area contributed by atoms with Crippen molar-refractivity contribution in [2.75, 3.05) is 20.2 Å². The van der Waals surface area contributed by atoms with Crippen molar-refractivity contribution in [3.63, 3.8) is 0 Å². The van der Waals surface area contributed by atoms with Gasteiger partial charge in [0.1, 0.15) is 5.82 Å². The third kappa shape index (κ3) is 3.03. The van der Waals surface area contributed by atoms with Crippen LogP contribution in [0.3, 0.4) is 0 Å². The van der Waals surface area contributed by atoms with Crippen LogP contribution in [-0.2, 0) is 4.74 Å². The van der Waals surface area contributed by atoms with Gasteiger partial charge in [0.2, 0.25) is 0 Å². The molecule has 0 N–H and O–H groups in total. The summed E-state index contributed by atoms with van der Waals surface area (Å²) in [5.74, 6) is -0.558. The average molecular weight is 269 g/mol. The van der Waals surface area contributed by atoms with Crippen LogP contribution in [0.4, 0.5) is 4.39 Å². The third-order valence-corrected chi connectivity index (χ3v) is 3.38. The number of likely N-dealkylation sites (N-methyl/N-ethyl adjacent to an activating group) is 1. The molecule has 1 fully saturated rings. The van der Waals surface area contributed by atoms with E-state index < -0.39 is 5.82 Å². The summed E-state index contributed by atoms with van der Waals surface area (Å²) in [6.07, 6.45) is 2.15. The molecule has 0 aromatic heterocycles. The monoisotopic (exact) mass is 269 g/mol. The van der Waals surface area contributed by atoms with Crippen LogP contribution < -0.4 is 0 Å². The van der Waals surface area contributed by atoms with Crippen LogP contribution in [0.5, 0.6) is 0 Å². The number of hydrogen-bond donors (Lipinski definition) is 1. The molecule has 1 aromatic carbocycles. The number of amides is 1. The Kier molecular flexibility index (Phi) is 4.24. The molecule has 1 saturated heterocycles. The Morgan fingerprint density at radius 3 is 3.00 bits per heavy atom. The first-order valence-corrected chi connectivity index (χ1v) is 6.38. The number of benzene rings is 1. The lowest BCUT2D eigenvalue weighted by molar-refractivity contribution is 0.0587. The molecule has 18 heavy (non-hydrogen) atoms. The summed E-state index contributed by atoms with van der Waals surface area (Å²) in [6, 6.07) is 4.19. The zero-order valence-corrected chi connectivity index (χ0v) is 11.1. The smallest absolute Gasteiger partial charge is 0.253 e. The Hall–Kier alpha value is -1.07. The maximum atomic E-state index is 13.1. The number of halogens is 1. The van der Waals surface area contributed by atoms with Gasteiger partial charge in [0.15, 0.2) is 0 Å². The molecule has 0 aliphatic carbocycles. The molecule has 1 unspecified atom stereocenters. The van der Waals surface area contributed by atoms with Crippen molar-refractivity contribution in [3.05, 3.63) is 29.6 Å². The van der Waals surface area contributed by atoms with Crippen LogP contribution in [0.1, 0.15) is 23.2 Å². The van der Waals surface area contributed by atoms with E-state index in [0.717, 1.165) is 19.4 Å². The first kappa shape index (κ1) is 13.4. The van der Waals surface area contributed by atoms with Crippen LogP contribution in [0.2, 0.25) is 0 Å². The Bertz CT molecular complexity index is 447. The first-order valence-electron chi connectivity index (χ1n) is 5.93. The second-order valence-corrected chi connectivity index (χ2v) is 4.97. The SMILES string of the molecule is CN(CC1CCCO1)C(=O)c1ccc(F)c(S)c1. The Morgan fingerprint density at radius 2 is 2.39 bits per heavy atom. The molecule has 98 valence electrons. The summed E-state index contributed by atoms with van der Waals surface area (Å²) in [4.78, 5) is 13.9. The second-order valence-electron chi connectivity index (χ2n) is 4.49. The number of nitrogens with zero attached hydrogens (tertiary/aromatic N) is 1. The van der Waals surface area contributed by atoms with Crippen LogP contribution >= 0.6 is 12.6 Å². The van der Waals surface area contributed by atoms with E-state index in [4.69, 9.17) is 4.74 Å².